The van der Waals surface area contributed by atoms with E-state index in [0.717, 1.165) is 16.5 Å². The van der Waals surface area contributed by atoms with Crippen LogP contribution in [-0.4, -0.2) is 81.4 Å². The van der Waals surface area contributed by atoms with Gasteiger partial charge in [0, 0.05) is 17.1 Å². The van der Waals surface area contributed by atoms with Crippen molar-refractivity contribution in [2.75, 3.05) is 13.2 Å². The number of carbonyl (C=O) groups excluding carboxylic acids is 3. The lowest BCUT2D eigenvalue weighted by atomic mass is 10.0. The highest BCUT2D eigenvalue weighted by Crippen LogP contribution is 2.19. The summed E-state index contributed by atoms with van der Waals surface area (Å²) in [6.45, 7) is 1.99. The van der Waals surface area contributed by atoms with E-state index in [-0.39, 0.29) is 18.8 Å². The minimum Gasteiger partial charge on any atom is -0.480 e. The van der Waals surface area contributed by atoms with Gasteiger partial charge in [-0.25, -0.2) is 4.79 Å². The molecule has 12 heteroatoms. The molecule has 2 aromatic rings. The molecule has 0 aliphatic carbocycles. The molecule has 0 saturated heterocycles. The molecule has 1 aromatic carbocycles. The molecule has 0 spiro atoms. The smallest absolute Gasteiger partial charge is 0.328 e. The summed E-state index contributed by atoms with van der Waals surface area (Å²) in [5.41, 5.74) is 7.87. The first-order chi connectivity index (χ1) is 16.6. The topological polar surface area (TPSA) is 207 Å². The summed E-state index contributed by atoms with van der Waals surface area (Å²) in [6.07, 6.45) is 2.23. The van der Waals surface area contributed by atoms with E-state index in [9.17, 15) is 24.3 Å². The Morgan fingerprint density at radius 2 is 1.49 bits per heavy atom. The zero-order valence-electron chi connectivity index (χ0n) is 19.7. The van der Waals surface area contributed by atoms with E-state index >= 15 is 0 Å². The Bertz CT molecular complexity index is 1040. The molecule has 1 heterocycles. The quantitative estimate of drug-likeness (QED) is 0.167. The van der Waals surface area contributed by atoms with Crippen molar-refractivity contribution in [3.8, 4) is 0 Å². The molecule has 0 aliphatic heterocycles. The van der Waals surface area contributed by atoms with Crippen LogP contribution in [0.4, 0.5) is 0 Å². The number of amides is 3. The molecule has 0 bridgehead atoms. The number of nitrogens with one attached hydrogen (secondary N) is 4. The van der Waals surface area contributed by atoms with E-state index in [2.05, 4.69) is 15.6 Å². The molecule has 4 atom stereocenters. The van der Waals surface area contributed by atoms with Crippen molar-refractivity contribution >= 4 is 34.6 Å². The standard InChI is InChI=1S/C23H33N5O7/c1-12(2)7-17(21(32)27-18(10-29)22(33)28-19(11-30)23(34)35)26-20(31)15(24)8-13-9-25-16-6-4-3-5-14(13)16/h3-6,9,12,15,17-19,25,29-30H,7-8,10-11,24H2,1-2H3,(H,26,31)(H,27,32)(H,28,33)(H,34,35). The number of aromatic amines is 1. The second-order valence-electron chi connectivity index (χ2n) is 8.69. The van der Waals surface area contributed by atoms with Crippen LogP contribution in [0.15, 0.2) is 30.5 Å². The number of nitrogens with two attached hydrogens (primary N) is 1. The number of rotatable bonds is 13. The Morgan fingerprint density at radius 1 is 0.914 bits per heavy atom. The van der Waals surface area contributed by atoms with E-state index < -0.39 is 61.1 Å². The minimum absolute atomic E-state index is 0.0110. The maximum atomic E-state index is 12.9. The average molecular weight is 492 g/mol. The van der Waals surface area contributed by atoms with E-state index in [0.29, 0.717) is 0 Å². The highest BCUT2D eigenvalue weighted by Gasteiger charge is 2.30. The summed E-state index contributed by atoms with van der Waals surface area (Å²) in [5.74, 6) is -3.78. The van der Waals surface area contributed by atoms with Gasteiger partial charge in [-0.3, -0.25) is 14.4 Å². The molecule has 1 aromatic heterocycles. The number of para-hydroxylation sites is 1. The number of fused-ring (bicyclic) bond motifs is 1. The number of aliphatic hydroxyl groups excluding tert-OH is 2. The third-order valence-electron chi connectivity index (χ3n) is 5.40. The first-order valence-corrected chi connectivity index (χ1v) is 11.2. The number of benzene rings is 1. The predicted molar refractivity (Wildman–Crippen MR) is 127 cm³/mol. The molecule has 12 nitrogen and oxygen atoms in total. The summed E-state index contributed by atoms with van der Waals surface area (Å²) >= 11 is 0. The Labute approximate surface area is 202 Å². The normalized spacial score (nSPS) is 14.7. The Morgan fingerprint density at radius 3 is 2.09 bits per heavy atom. The number of H-pyrrole nitrogens is 1. The molecule has 4 unspecified atom stereocenters. The van der Waals surface area contributed by atoms with Crippen molar-refractivity contribution in [1.29, 1.82) is 0 Å². The van der Waals surface area contributed by atoms with Gasteiger partial charge in [-0.15, -0.1) is 0 Å². The number of aromatic nitrogens is 1. The van der Waals surface area contributed by atoms with E-state index in [1.165, 1.54) is 0 Å². The fraction of sp³-hybridized carbons (Fsp3) is 0.478. The van der Waals surface area contributed by atoms with Crippen LogP contribution in [0.3, 0.4) is 0 Å². The van der Waals surface area contributed by atoms with Crippen LogP contribution < -0.4 is 21.7 Å². The zero-order valence-corrected chi connectivity index (χ0v) is 19.7. The number of aliphatic carboxylic acids is 1. The number of carbonyl (C=O) groups is 4. The van der Waals surface area contributed by atoms with Crippen LogP contribution in [0.1, 0.15) is 25.8 Å². The maximum absolute atomic E-state index is 12.9. The predicted octanol–water partition coefficient (Wildman–Crippen LogP) is -1.39. The number of carboxylic acid groups (broad SMARTS) is 1. The van der Waals surface area contributed by atoms with Crippen LogP contribution in [0.25, 0.3) is 10.9 Å². The minimum atomic E-state index is -1.60. The van der Waals surface area contributed by atoms with Gasteiger partial charge in [0.15, 0.2) is 0 Å². The summed E-state index contributed by atoms with van der Waals surface area (Å²) in [5, 5.41) is 35.5. The van der Waals surface area contributed by atoms with Gasteiger partial charge < -0.3 is 42.0 Å². The van der Waals surface area contributed by atoms with E-state index in [4.69, 9.17) is 15.9 Å². The van der Waals surface area contributed by atoms with Crippen molar-refractivity contribution in [3.05, 3.63) is 36.0 Å². The summed E-state index contributed by atoms with van der Waals surface area (Å²) < 4.78 is 0. The monoisotopic (exact) mass is 491 g/mol. The lowest BCUT2D eigenvalue weighted by Gasteiger charge is -2.25. The van der Waals surface area contributed by atoms with Gasteiger partial charge in [-0.1, -0.05) is 32.0 Å². The highest BCUT2D eigenvalue weighted by atomic mass is 16.4. The molecule has 0 saturated carbocycles. The highest BCUT2D eigenvalue weighted by molar-refractivity contribution is 5.94. The molecule has 35 heavy (non-hydrogen) atoms. The first kappa shape index (κ1) is 27.8. The molecule has 3 amide bonds. The van der Waals surface area contributed by atoms with Gasteiger partial charge in [0.2, 0.25) is 17.7 Å². The van der Waals surface area contributed by atoms with Gasteiger partial charge in [0.05, 0.1) is 19.3 Å². The lowest BCUT2D eigenvalue weighted by Crippen LogP contribution is -2.58. The van der Waals surface area contributed by atoms with Crippen LogP contribution in [0.2, 0.25) is 0 Å². The fourth-order valence-corrected chi connectivity index (χ4v) is 3.54. The van der Waals surface area contributed by atoms with E-state index in [1.807, 2.05) is 43.4 Å². The first-order valence-electron chi connectivity index (χ1n) is 11.2. The van der Waals surface area contributed by atoms with Crippen molar-refractivity contribution in [1.82, 2.24) is 20.9 Å². The van der Waals surface area contributed by atoms with Gasteiger partial charge in [-0.05, 0) is 30.4 Å². The third kappa shape index (κ3) is 7.77. The molecular weight excluding hydrogens is 458 g/mol. The fourth-order valence-electron chi connectivity index (χ4n) is 3.54. The average Bonchev–Trinajstić information content (AvgIpc) is 3.22. The molecule has 2 rings (SSSR count). The van der Waals surface area contributed by atoms with Crippen LogP contribution in [-0.2, 0) is 25.6 Å². The molecule has 0 fully saturated rings. The van der Waals surface area contributed by atoms with Crippen LogP contribution in [0, 0.1) is 5.92 Å². The number of carboxylic acids is 1. The number of aliphatic hydroxyl groups is 2. The Hall–Kier alpha value is -3.48. The van der Waals surface area contributed by atoms with Gasteiger partial charge in [0.25, 0.3) is 0 Å². The lowest BCUT2D eigenvalue weighted by molar-refractivity contribution is -0.143. The maximum Gasteiger partial charge on any atom is 0.328 e. The molecule has 9 N–H and O–H groups in total. The largest absolute Gasteiger partial charge is 0.480 e. The molecular formula is C23H33N5O7. The third-order valence-corrected chi connectivity index (χ3v) is 5.40. The summed E-state index contributed by atoms with van der Waals surface area (Å²) in [7, 11) is 0. The van der Waals surface area contributed by atoms with Gasteiger partial charge in [-0.2, -0.15) is 0 Å². The molecule has 0 aliphatic rings. The molecule has 192 valence electrons. The molecule has 0 radical (unpaired) electrons. The van der Waals surface area contributed by atoms with Crippen molar-refractivity contribution in [2.24, 2.45) is 11.7 Å². The Balaban J connectivity index is 2.06. The van der Waals surface area contributed by atoms with Crippen molar-refractivity contribution < 1.29 is 34.5 Å². The van der Waals surface area contributed by atoms with Crippen LogP contribution in [0.5, 0.6) is 0 Å². The summed E-state index contributed by atoms with van der Waals surface area (Å²) in [6, 6.07) is 2.50. The van der Waals surface area contributed by atoms with Gasteiger partial charge >= 0.3 is 5.97 Å². The van der Waals surface area contributed by atoms with E-state index in [1.54, 1.807) is 6.20 Å². The summed E-state index contributed by atoms with van der Waals surface area (Å²) in [4.78, 5) is 52.1. The SMILES string of the molecule is CC(C)CC(NC(=O)C(N)Cc1c[nH]c2ccccc12)C(=O)NC(CO)C(=O)NC(CO)C(=O)O. The Kier molecular flexibility index (Phi) is 10.2. The second kappa shape index (κ2) is 12.8. The second-order valence-corrected chi connectivity index (χ2v) is 8.69. The van der Waals surface area contributed by atoms with Crippen LogP contribution >= 0.6 is 0 Å². The van der Waals surface area contributed by atoms with Crippen molar-refractivity contribution in [2.45, 2.75) is 50.9 Å². The number of hydrogen-bond acceptors (Lipinski definition) is 7. The van der Waals surface area contributed by atoms with Crippen molar-refractivity contribution in [3.63, 3.8) is 0 Å². The van der Waals surface area contributed by atoms with Gasteiger partial charge in [0.1, 0.15) is 18.1 Å². The zero-order chi connectivity index (χ0) is 26.1. The number of hydrogen-bond donors (Lipinski definition) is 8.